The van der Waals surface area contributed by atoms with E-state index in [0.717, 1.165) is 6.54 Å². The van der Waals surface area contributed by atoms with Crippen molar-refractivity contribution in [2.45, 2.75) is 38.3 Å². The maximum Gasteiger partial charge on any atom is 0.0345 e. The van der Waals surface area contributed by atoms with Gasteiger partial charge in [0.15, 0.2) is 0 Å². The third-order valence-electron chi connectivity index (χ3n) is 4.66. The molecule has 1 N–H and O–H groups in total. The van der Waals surface area contributed by atoms with Crippen molar-refractivity contribution >= 4 is 5.69 Å². The molecular formula is C17H27N3. The smallest absolute Gasteiger partial charge is 0.0345 e. The summed E-state index contributed by atoms with van der Waals surface area (Å²) in [5, 5.41) is 3.70. The van der Waals surface area contributed by atoms with E-state index in [1.807, 2.05) is 0 Å². The molecule has 1 heterocycles. The van der Waals surface area contributed by atoms with Crippen LogP contribution in [0.25, 0.3) is 0 Å². The number of hydrogen-bond acceptors (Lipinski definition) is 3. The topological polar surface area (TPSA) is 18.5 Å². The molecule has 1 aromatic rings. The van der Waals surface area contributed by atoms with Gasteiger partial charge in [-0.3, -0.25) is 4.90 Å². The van der Waals surface area contributed by atoms with Crippen molar-refractivity contribution in [3.05, 3.63) is 29.8 Å². The van der Waals surface area contributed by atoms with Crippen molar-refractivity contribution < 1.29 is 0 Å². The highest BCUT2D eigenvalue weighted by atomic mass is 15.2. The molecule has 2 fully saturated rings. The molecule has 0 bridgehead atoms. The van der Waals surface area contributed by atoms with Crippen molar-refractivity contribution in [2.75, 3.05) is 38.5 Å². The molecule has 1 aromatic carbocycles. The molecule has 1 saturated heterocycles. The van der Waals surface area contributed by atoms with E-state index in [4.69, 9.17) is 0 Å². The van der Waals surface area contributed by atoms with Gasteiger partial charge in [-0.25, -0.2) is 0 Å². The van der Waals surface area contributed by atoms with Gasteiger partial charge in [0, 0.05) is 44.5 Å². The Hall–Kier alpha value is -1.06. The average Bonchev–Trinajstić information content (AvgIpc) is 2.95. The fourth-order valence-electron chi connectivity index (χ4n) is 3.33. The summed E-state index contributed by atoms with van der Waals surface area (Å²) in [6, 6.07) is 9.72. The highest BCUT2D eigenvalue weighted by molar-refractivity contribution is 5.46. The first kappa shape index (κ1) is 13.9. The quantitative estimate of drug-likeness (QED) is 0.910. The zero-order valence-electron chi connectivity index (χ0n) is 12.6. The normalized spacial score (nSPS) is 22.2. The van der Waals surface area contributed by atoms with Gasteiger partial charge in [-0.05, 0) is 37.6 Å². The molecule has 1 aliphatic carbocycles. The molecule has 0 unspecified atom stereocenters. The second kappa shape index (κ2) is 6.59. The summed E-state index contributed by atoms with van der Waals surface area (Å²) < 4.78 is 0. The molecule has 20 heavy (non-hydrogen) atoms. The first-order valence-electron chi connectivity index (χ1n) is 8.06. The van der Waals surface area contributed by atoms with Gasteiger partial charge in [0.05, 0.1) is 0 Å². The van der Waals surface area contributed by atoms with Crippen molar-refractivity contribution in [3.8, 4) is 0 Å². The van der Waals surface area contributed by atoms with Crippen LogP contribution in [0, 0.1) is 0 Å². The molecule has 110 valence electrons. The number of rotatable bonds is 4. The lowest BCUT2D eigenvalue weighted by Gasteiger charge is -2.32. The van der Waals surface area contributed by atoms with Gasteiger partial charge in [0.25, 0.3) is 0 Å². The Labute approximate surface area is 123 Å². The standard InChI is InChI=1S/C17H27N3/c1-19-9-11-20(12-10-19)14-15-5-4-8-17(13-15)18-16-6-2-3-7-16/h4-5,8,13,16,18H,2-3,6-7,9-12,14H2,1H3. The molecule has 0 spiro atoms. The lowest BCUT2D eigenvalue weighted by atomic mass is 10.1. The van der Waals surface area contributed by atoms with E-state index in [9.17, 15) is 0 Å². The van der Waals surface area contributed by atoms with Gasteiger partial charge in [-0.2, -0.15) is 0 Å². The van der Waals surface area contributed by atoms with Crippen LogP contribution in [0.1, 0.15) is 31.2 Å². The van der Waals surface area contributed by atoms with Crippen molar-refractivity contribution in [2.24, 2.45) is 0 Å². The first-order valence-corrected chi connectivity index (χ1v) is 8.06. The zero-order chi connectivity index (χ0) is 13.8. The monoisotopic (exact) mass is 273 g/mol. The number of hydrogen-bond donors (Lipinski definition) is 1. The van der Waals surface area contributed by atoms with E-state index in [1.165, 1.54) is 63.1 Å². The summed E-state index contributed by atoms with van der Waals surface area (Å²) in [4.78, 5) is 4.98. The highest BCUT2D eigenvalue weighted by Gasteiger charge is 2.16. The minimum atomic E-state index is 0.703. The minimum absolute atomic E-state index is 0.703. The SMILES string of the molecule is CN1CCN(Cc2cccc(NC3CCCC3)c2)CC1. The van der Waals surface area contributed by atoms with Gasteiger partial charge in [0.1, 0.15) is 0 Å². The van der Waals surface area contributed by atoms with Gasteiger partial charge < -0.3 is 10.2 Å². The van der Waals surface area contributed by atoms with Crippen LogP contribution in [0.3, 0.4) is 0 Å². The van der Waals surface area contributed by atoms with Crippen LogP contribution in [0.15, 0.2) is 24.3 Å². The number of likely N-dealkylation sites (N-methyl/N-ethyl adjacent to an activating group) is 1. The van der Waals surface area contributed by atoms with E-state index in [2.05, 4.69) is 46.4 Å². The van der Waals surface area contributed by atoms with E-state index in [1.54, 1.807) is 0 Å². The predicted octanol–water partition coefficient (Wildman–Crippen LogP) is 2.79. The molecule has 1 saturated carbocycles. The number of piperazine rings is 1. The Bertz CT molecular complexity index is 418. The molecule has 0 atom stereocenters. The lowest BCUT2D eigenvalue weighted by Crippen LogP contribution is -2.43. The van der Waals surface area contributed by atoms with Crippen LogP contribution >= 0.6 is 0 Å². The van der Waals surface area contributed by atoms with Crippen molar-refractivity contribution in [1.82, 2.24) is 9.80 Å². The second-order valence-corrected chi connectivity index (χ2v) is 6.41. The Balaban J connectivity index is 1.56. The average molecular weight is 273 g/mol. The van der Waals surface area contributed by atoms with Gasteiger partial charge >= 0.3 is 0 Å². The van der Waals surface area contributed by atoms with Crippen molar-refractivity contribution in [1.29, 1.82) is 0 Å². The van der Waals surface area contributed by atoms with E-state index >= 15 is 0 Å². The molecule has 1 aliphatic heterocycles. The molecule has 3 heteroatoms. The van der Waals surface area contributed by atoms with Gasteiger partial charge in [-0.1, -0.05) is 25.0 Å². The summed E-state index contributed by atoms with van der Waals surface area (Å²) in [7, 11) is 2.21. The molecular weight excluding hydrogens is 246 g/mol. The van der Waals surface area contributed by atoms with Crippen molar-refractivity contribution in [3.63, 3.8) is 0 Å². The van der Waals surface area contributed by atoms with Crippen LogP contribution in [-0.4, -0.2) is 49.1 Å². The van der Waals surface area contributed by atoms with Crippen LogP contribution < -0.4 is 5.32 Å². The van der Waals surface area contributed by atoms with E-state index in [0.29, 0.717) is 6.04 Å². The van der Waals surface area contributed by atoms with Crippen LogP contribution in [0.2, 0.25) is 0 Å². The molecule has 3 rings (SSSR count). The number of nitrogens with one attached hydrogen (secondary N) is 1. The predicted molar refractivity (Wildman–Crippen MR) is 85.1 cm³/mol. The van der Waals surface area contributed by atoms with Crippen LogP contribution in [-0.2, 0) is 6.54 Å². The molecule has 2 aliphatic rings. The Kier molecular flexibility index (Phi) is 4.58. The Morgan fingerprint density at radius 1 is 1.10 bits per heavy atom. The molecule has 3 nitrogen and oxygen atoms in total. The van der Waals surface area contributed by atoms with E-state index in [-0.39, 0.29) is 0 Å². The number of nitrogens with zero attached hydrogens (tertiary/aromatic N) is 2. The summed E-state index contributed by atoms with van der Waals surface area (Å²) in [6.45, 7) is 5.86. The fraction of sp³-hybridized carbons (Fsp3) is 0.647. The summed E-state index contributed by atoms with van der Waals surface area (Å²) in [5.41, 5.74) is 2.75. The van der Waals surface area contributed by atoms with Crippen LogP contribution in [0.5, 0.6) is 0 Å². The third kappa shape index (κ3) is 3.74. The van der Waals surface area contributed by atoms with E-state index < -0.39 is 0 Å². The molecule has 0 aromatic heterocycles. The fourth-order valence-corrected chi connectivity index (χ4v) is 3.33. The lowest BCUT2D eigenvalue weighted by molar-refractivity contribution is 0.148. The number of benzene rings is 1. The minimum Gasteiger partial charge on any atom is -0.382 e. The van der Waals surface area contributed by atoms with Crippen LogP contribution in [0.4, 0.5) is 5.69 Å². The summed E-state index contributed by atoms with van der Waals surface area (Å²) >= 11 is 0. The first-order chi connectivity index (χ1) is 9.79. The van der Waals surface area contributed by atoms with Gasteiger partial charge in [0.2, 0.25) is 0 Å². The maximum absolute atomic E-state index is 3.70. The number of anilines is 1. The van der Waals surface area contributed by atoms with Gasteiger partial charge in [-0.15, -0.1) is 0 Å². The molecule has 0 radical (unpaired) electrons. The highest BCUT2D eigenvalue weighted by Crippen LogP contribution is 2.23. The molecule has 0 amide bonds. The Morgan fingerprint density at radius 2 is 1.85 bits per heavy atom. The maximum atomic E-state index is 3.70. The zero-order valence-corrected chi connectivity index (χ0v) is 12.6. The second-order valence-electron chi connectivity index (χ2n) is 6.41. The largest absolute Gasteiger partial charge is 0.382 e. The Morgan fingerprint density at radius 3 is 2.60 bits per heavy atom. The summed E-state index contributed by atoms with van der Waals surface area (Å²) in [5.74, 6) is 0. The summed E-state index contributed by atoms with van der Waals surface area (Å²) in [6.07, 6.45) is 5.45. The third-order valence-corrected chi connectivity index (χ3v) is 4.66.